The Morgan fingerprint density at radius 2 is 2.00 bits per heavy atom. The van der Waals surface area contributed by atoms with Crippen LogP contribution in [-0.2, 0) is 6.42 Å². The molecule has 1 aromatic carbocycles. The van der Waals surface area contributed by atoms with E-state index < -0.39 is 11.6 Å². The fourth-order valence-corrected chi connectivity index (χ4v) is 2.87. The van der Waals surface area contributed by atoms with Gasteiger partial charge in [0, 0.05) is 22.0 Å². The van der Waals surface area contributed by atoms with Gasteiger partial charge in [0.25, 0.3) is 5.91 Å². The molecule has 1 N–H and O–H groups in total. The third-order valence-electron chi connectivity index (χ3n) is 3.12. The summed E-state index contributed by atoms with van der Waals surface area (Å²) in [5, 5.41) is 4.36. The Morgan fingerprint density at radius 1 is 1.19 bits per heavy atom. The standard InChI is InChI=1S/C16H17F2NOS/c1-2-3-4-5-13-8-11(10-21-13)16(20)19-12-6-7-14(17)15(18)9-12/h6-10H,2-5H2,1H3,(H,19,20). The third-order valence-corrected chi connectivity index (χ3v) is 4.12. The minimum absolute atomic E-state index is 0.248. The van der Waals surface area contributed by atoms with Crippen LogP contribution in [0.1, 0.15) is 41.4 Å². The monoisotopic (exact) mass is 309 g/mol. The molecule has 1 amide bonds. The van der Waals surface area contributed by atoms with Crippen LogP contribution in [-0.4, -0.2) is 5.91 Å². The summed E-state index contributed by atoms with van der Waals surface area (Å²) < 4.78 is 25.9. The molecule has 1 heterocycles. The molecule has 0 saturated heterocycles. The largest absolute Gasteiger partial charge is 0.322 e. The predicted octanol–water partition coefficient (Wildman–Crippen LogP) is 5.01. The lowest BCUT2D eigenvalue weighted by Gasteiger charge is -2.04. The molecule has 0 aliphatic carbocycles. The van der Waals surface area contributed by atoms with Gasteiger partial charge in [-0.1, -0.05) is 19.8 Å². The Hall–Kier alpha value is -1.75. The second-order valence-electron chi connectivity index (χ2n) is 4.84. The molecular weight excluding hydrogens is 292 g/mol. The van der Waals surface area contributed by atoms with E-state index >= 15 is 0 Å². The first kappa shape index (κ1) is 15.6. The van der Waals surface area contributed by atoms with Crippen molar-refractivity contribution in [3.8, 4) is 0 Å². The van der Waals surface area contributed by atoms with Gasteiger partial charge in [0.05, 0.1) is 5.56 Å². The Kier molecular flexibility index (Phi) is 5.44. The maximum atomic E-state index is 13.1. The van der Waals surface area contributed by atoms with Crippen LogP contribution < -0.4 is 5.32 Å². The van der Waals surface area contributed by atoms with E-state index in [1.807, 2.05) is 6.07 Å². The molecule has 0 spiro atoms. The normalized spacial score (nSPS) is 10.6. The number of halogens is 2. The van der Waals surface area contributed by atoms with Gasteiger partial charge in [-0.2, -0.15) is 0 Å². The number of hydrogen-bond acceptors (Lipinski definition) is 2. The van der Waals surface area contributed by atoms with Crippen molar-refractivity contribution in [1.29, 1.82) is 0 Å². The summed E-state index contributed by atoms with van der Waals surface area (Å²) in [6.07, 6.45) is 4.42. The van der Waals surface area contributed by atoms with Crippen LogP contribution in [0.5, 0.6) is 0 Å². The average molecular weight is 309 g/mol. The molecule has 21 heavy (non-hydrogen) atoms. The van der Waals surface area contributed by atoms with E-state index in [9.17, 15) is 13.6 Å². The summed E-state index contributed by atoms with van der Waals surface area (Å²) >= 11 is 1.55. The van der Waals surface area contributed by atoms with Crippen molar-refractivity contribution in [1.82, 2.24) is 0 Å². The van der Waals surface area contributed by atoms with E-state index in [2.05, 4.69) is 12.2 Å². The summed E-state index contributed by atoms with van der Waals surface area (Å²) in [5.41, 5.74) is 0.800. The minimum atomic E-state index is -0.974. The third kappa shape index (κ3) is 4.36. The molecule has 0 atom stereocenters. The van der Waals surface area contributed by atoms with Gasteiger partial charge >= 0.3 is 0 Å². The molecule has 2 rings (SSSR count). The Balaban J connectivity index is 1.98. The van der Waals surface area contributed by atoms with E-state index in [4.69, 9.17) is 0 Å². The molecular formula is C16H17F2NOS. The second kappa shape index (κ2) is 7.31. The molecule has 112 valence electrons. The number of aryl methyl sites for hydroxylation is 1. The van der Waals surface area contributed by atoms with Crippen molar-refractivity contribution in [2.45, 2.75) is 32.6 Å². The molecule has 0 radical (unpaired) electrons. The quantitative estimate of drug-likeness (QED) is 0.747. The van der Waals surface area contributed by atoms with E-state index in [-0.39, 0.29) is 11.6 Å². The van der Waals surface area contributed by atoms with Crippen LogP contribution in [0.4, 0.5) is 14.5 Å². The van der Waals surface area contributed by atoms with Crippen molar-refractivity contribution in [3.63, 3.8) is 0 Å². The lowest BCUT2D eigenvalue weighted by Crippen LogP contribution is -2.11. The average Bonchev–Trinajstić information content (AvgIpc) is 2.92. The predicted molar refractivity (Wildman–Crippen MR) is 81.9 cm³/mol. The lowest BCUT2D eigenvalue weighted by atomic mass is 10.1. The first-order chi connectivity index (χ1) is 10.1. The van der Waals surface area contributed by atoms with Crippen molar-refractivity contribution in [2.24, 2.45) is 0 Å². The number of amides is 1. The Labute approximate surface area is 126 Å². The number of thiophene rings is 1. The van der Waals surface area contributed by atoms with Gasteiger partial charge in [0.2, 0.25) is 0 Å². The van der Waals surface area contributed by atoms with Crippen molar-refractivity contribution in [3.05, 3.63) is 51.7 Å². The number of unbranched alkanes of at least 4 members (excludes halogenated alkanes) is 2. The number of nitrogens with one attached hydrogen (secondary N) is 1. The highest BCUT2D eigenvalue weighted by molar-refractivity contribution is 7.10. The number of carbonyl (C=O) groups excluding carboxylic acids is 1. The van der Waals surface area contributed by atoms with E-state index in [0.717, 1.165) is 31.4 Å². The van der Waals surface area contributed by atoms with Crippen LogP contribution in [0, 0.1) is 11.6 Å². The highest BCUT2D eigenvalue weighted by Crippen LogP contribution is 2.19. The Bertz CT molecular complexity index is 624. The van der Waals surface area contributed by atoms with E-state index in [0.29, 0.717) is 5.56 Å². The molecule has 5 heteroatoms. The Morgan fingerprint density at radius 3 is 2.71 bits per heavy atom. The fraction of sp³-hybridized carbons (Fsp3) is 0.312. The van der Waals surface area contributed by atoms with Gasteiger partial charge in [-0.3, -0.25) is 4.79 Å². The molecule has 1 aromatic heterocycles. The topological polar surface area (TPSA) is 29.1 Å². The van der Waals surface area contributed by atoms with E-state index in [1.54, 1.807) is 16.7 Å². The van der Waals surface area contributed by atoms with Gasteiger partial charge < -0.3 is 5.32 Å². The molecule has 2 nitrogen and oxygen atoms in total. The molecule has 0 fully saturated rings. The van der Waals surface area contributed by atoms with Gasteiger partial charge in [0.1, 0.15) is 0 Å². The summed E-state index contributed by atoms with van der Waals surface area (Å²) in [7, 11) is 0. The summed E-state index contributed by atoms with van der Waals surface area (Å²) in [6.45, 7) is 2.15. The number of rotatable bonds is 6. The molecule has 0 bridgehead atoms. The molecule has 0 aliphatic rings. The highest BCUT2D eigenvalue weighted by atomic mass is 32.1. The maximum absolute atomic E-state index is 13.1. The van der Waals surface area contributed by atoms with Crippen molar-refractivity contribution in [2.75, 3.05) is 5.32 Å². The maximum Gasteiger partial charge on any atom is 0.256 e. The van der Waals surface area contributed by atoms with Crippen LogP contribution in [0.25, 0.3) is 0 Å². The molecule has 2 aromatic rings. The first-order valence-electron chi connectivity index (χ1n) is 6.94. The number of anilines is 1. The van der Waals surface area contributed by atoms with Crippen molar-refractivity contribution >= 4 is 22.9 Å². The fourth-order valence-electron chi connectivity index (χ4n) is 1.96. The minimum Gasteiger partial charge on any atom is -0.322 e. The van der Waals surface area contributed by atoms with Gasteiger partial charge in [-0.15, -0.1) is 11.3 Å². The summed E-state index contributed by atoms with van der Waals surface area (Å²) in [6, 6.07) is 5.16. The number of hydrogen-bond donors (Lipinski definition) is 1. The zero-order valence-electron chi connectivity index (χ0n) is 11.8. The van der Waals surface area contributed by atoms with Crippen molar-refractivity contribution < 1.29 is 13.6 Å². The van der Waals surface area contributed by atoms with Gasteiger partial charge in [-0.25, -0.2) is 8.78 Å². The zero-order chi connectivity index (χ0) is 15.2. The molecule has 0 saturated carbocycles. The van der Waals surface area contributed by atoms with E-state index in [1.165, 1.54) is 17.4 Å². The summed E-state index contributed by atoms with van der Waals surface area (Å²) in [4.78, 5) is 13.2. The van der Waals surface area contributed by atoms with Gasteiger partial charge in [-0.05, 0) is 31.0 Å². The van der Waals surface area contributed by atoms with Crippen LogP contribution >= 0.6 is 11.3 Å². The van der Waals surface area contributed by atoms with Crippen LogP contribution in [0.2, 0.25) is 0 Å². The second-order valence-corrected chi connectivity index (χ2v) is 5.84. The number of carbonyl (C=O) groups is 1. The lowest BCUT2D eigenvalue weighted by molar-refractivity contribution is 0.102. The zero-order valence-corrected chi connectivity index (χ0v) is 12.6. The SMILES string of the molecule is CCCCCc1cc(C(=O)Nc2ccc(F)c(F)c2)cs1. The molecule has 0 unspecified atom stereocenters. The van der Waals surface area contributed by atoms with Gasteiger partial charge in [0.15, 0.2) is 11.6 Å². The smallest absolute Gasteiger partial charge is 0.256 e. The van der Waals surface area contributed by atoms with Crippen LogP contribution in [0.3, 0.4) is 0 Å². The highest BCUT2D eigenvalue weighted by Gasteiger charge is 2.10. The molecule has 0 aliphatic heterocycles. The first-order valence-corrected chi connectivity index (χ1v) is 7.82. The summed E-state index contributed by atoms with van der Waals surface area (Å²) in [5.74, 6) is -2.21. The van der Waals surface area contributed by atoms with Crippen LogP contribution in [0.15, 0.2) is 29.6 Å². The number of benzene rings is 1.